The quantitative estimate of drug-likeness (QED) is 0.297. The summed E-state index contributed by atoms with van der Waals surface area (Å²) in [6.45, 7) is 7.61. The number of carbonyl (C=O) groups excluding carboxylic acids is 1. The van der Waals surface area contributed by atoms with Crippen LogP contribution in [0, 0.1) is 16.7 Å². The molecular formula is C24H31F4N3O. The molecule has 0 radical (unpaired) electrons. The average molecular weight is 454 g/mol. The van der Waals surface area contributed by atoms with Gasteiger partial charge in [-0.05, 0) is 59.9 Å². The predicted molar refractivity (Wildman–Crippen MR) is 120 cm³/mol. The number of halogens is 4. The van der Waals surface area contributed by atoms with Gasteiger partial charge in [-0.1, -0.05) is 33.8 Å². The molecule has 0 aromatic heterocycles. The van der Waals surface area contributed by atoms with E-state index in [4.69, 9.17) is 5.41 Å². The molecule has 1 aromatic carbocycles. The maximum atomic E-state index is 13.2. The molecule has 1 aliphatic rings. The Morgan fingerprint density at radius 3 is 2.41 bits per heavy atom. The maximum Gasteiger partial charge on any atom is 0.471 e. The molecule has 2 rings (SSSR count). The zero-order valence-electron chi connectivity index (χ0n) is 18.9. The number of carbonyl (C=O) groups is 1. The number of anilines is 1. The second kappa shape index (κ2) is 10.3. The van der Waals surface area contributed by atoms with Crippen LogP contribution in [0.4, 0.5) is 23.2 Å². The average Bonchev–Trinajstić information content (AvgIpc) is 2.71. The van der Waals surface area contributed by atoms with E-state index in [1.54, 1.807) is 6.08 Å². The van der Waals surface area contributed by atoms with Gasteiger partial charge in [0.05, 0.1) is 0 Å². The van der Waals surface area contributed by atoms with Gasteiger partial charge in [-0.15, -0.1) is 0 Å². The second-order valence-electron chi connectivity index (χ2n) is 9.27. The summed E-state index contributed by atoms with van der Waals surface area (Å²) in [6, 6.07) is 5.59. The Morgan fingerprint density at radius 2 is 1.88 bits per heavy atom. The lowest BCUT2D eigenvalue weighted by atomic mass is 9.71. The van der Waals surface area contributed by atoms with Gasteiger partial charge in [-0.2, -0.15) is 13.2 Å². The summed E-state index contributed by atoms with van der Waals surface area (Å²) < 4.78 is 51.2. The van der Waals surface area contributed by atoms with Gasteiger partial charge in [0.2, 0.25) is 0 Å². The third-order valence-corrected chi connectivity index (χ3v) is 5.64. The van der Waals surface area contributed by atoms with Crippen LogP contribution in [0.25, 0.3) is 0 Å². The summed E-state index contributed by atoms with van der Waals surface area (Å²) in [5, 5.41) is 13.1. The van der Waals surface area contributed by atoms with E-state index in [9.17, 15) is 22.4 Å². The first-order valence-electron chi connectivity index (χ1n) is 10.6. The van der Waals surface area contributed by atoms with E-state index in [0.29, 0.717) is 30.5 Å². The van der Waals surface area contributed by atoms with Crippen molar-refractivity contribution in [3.8, 4) is 0 Å². The molecule has 1 aromatic rings. The van der Waals surface area contributed by atoms with Crippen molar-refractivity contribution in [3.05, 3.63) is 53.0 Å². The van der Waals surface area contributed by atoms with Crippen LogP contribution >= 0.6 is 0 Å². The third-order valence-electron chi connectivity index (χ3n) is 5.64. The Labute approximate surface area is 186 Å². The Balaban J connectivity index is 2.30. The zero-order chi connectivity index (χ0) is 24.1. The van der Waals surface area contributed by atoms with Crippen molar-refractivity contribution in [1.82, 2.24) is 5.32 Å². The van der Waals surface area contributed by atoms with E-state index in [1.165, 1.54) is 12.3 Å². The zero-order valence-corrected chi connectivity index (χ0v) is 18.9. The Hall–Kier alpha value is -2.64. The molecule has 1 atom stereocenters. The molecule has 0 heterocycles. The molecule has 1 aliphatic carbocycles. The van der Waals surface area contributed by atoms with Gasteiger partial charge < -0.3 is 16.0 Å². The lowest BCUT2D eigenvalue weighted by Gasteiger charge is -2.36. The minimum atomic E-state index is -4.92. The fourth-order valence-corrected chi connectivity index (χ4v) is 3.83. The number of alkyl halides is 3. The van der Waals surface area contributed by atoms with E-state index in [2.05, 4.69) is 5.32 Å². The summed E-state index contributed by atoms with van der Waals surface area (Å²) in [4.78, 5) is 11.3. The van der Waals surface area contributed by atoms with Crippen LogP contribution in [-0.2, 0) is 4.79 Å². The summed E-state index contributed by atoms with van der Waals surface area (Å²) in [5.41, 5.74) is 2.40. The van der Waals surface area contributed by atoms with E-state index in [-0.39, 0.29) is 24.2 Å². The third kappa shape index (κ3) is 6.93. The number of rotatable bonds is 9. The Bertz CT molecular complexity index is 901. The number of amides is 1. The van der Waals surface area contributed by atoms with Crippen molar-refractivity contribution in [2.45, 2.75) is 59.1 Å². The highest BCUT2D eigenvalue weighted by atomic mass is 19.4. The minimum absolute atomic E-state index is 0.132. The maximum absolute atomic E-state index is 13.2. The summed E-state index contributed by atoms with van der Waals surface area (Å²) >= 11 is 0. The molecule has 1 unspecified atom stereocenters. The van der Waals surface area contributed by atoms with E-state index in [0.717, 1.165) is 11.3 Å². The number of allylic oxidation sites excluding steroid dienone is 4. The Morgan fingerprint density at radius 1 is 1.19 bits per heavy atom. The fourth-order valence-electron chi connectivity index (χ4n) is 3.83. The molecule has 0 spiro atoms. The van der Waals surface area contributed by atoms with Crippen LogP contribution in [0.1, 0.15) is 64.0 Å². The first-order valence-corrected chi connectivity index (χ1v) is 10.6. The van der Waals surface area contributed by atoms with Crippen molar-refractivity contribution < 1.29 is 22.4 Å². The van der Waals surface area contributed by atoms with Gasteiger partial charge in [0.1, 0.15) is 5.83 Å². The van der Waals surface area contributed by atoms with Crippen molar-refractivity contribution in [2.24, 2.45) is 11.3 Å². The topological polar surface area (TPSA) is 65.0 Å². The highest BCUT2D eigenvalue weighted by molar-refractivity contribution is 5.86. The monoisotopic (exact) mass is 453 g/mol. The van der Waals surface area contributed by atoms with Crippen LogP contribution < -0.4 is 10.6 Å². The fraction of sp³-hybridized carbons (Fsp3) is 0.500. The molecule has 4 nitrogen and oxygen atoms in total. The number of nitrogens with one attached hydrogen (secondary N) is 3. The minimum Gasteiger partial charge on any atom is -0.358 e. The van der Waals surface area contributed by atoms with E-state index in [1.807, 2.05) is 51.2 Å². The van der Waals surface area contributed by atoms with Gasteiger partial charge in [0.25, 0.3) is 0 Å². The Kier molecular flexibility index (Phi) is 8.26. The van der Waals surface area contributed by atoms with Crippen LogP contribution in [0.5, 0.6) is 0 Å². The van der Waals surface area contributed by atoms with Crippen LogP contribution in [0.3, 0.4) is 0 Å². The first kappa shape index (κ1) is 25.6. The van der Waals surface area contributed by atoms with Crippen LogP contribution in [-0.4, -0.2) is 24.8 Å². The lowest BCUT2D eigenvalue weighted by Crippen LogP contribution is -2.43. The summed E-state index contributed by atoms with van der Waals surface area (Å²) in [5.74, 6) is -1.99. The lowest BCUT2D eigenvalue weighted by molar-refractivity contribution is -0.174. The van der Waals surface area contributed by atoms with E-state index < -0.39 is 17.5 Å². The second-order valence-corrected chi connectivity index (χ2v) is 9.27. The highest BCUT2D eigenvalue weighted by Gasteiger charge is 2.40. The van der Waals surface area contributed by atoms with Gasteiger partial charge in [-0.3, -0.25) is 4.79 Å². The molecule has 1 amide bonds. The van der Waals surface area contributed by atoms with Gasteiger partial charge in [0.15, 0.2) is 0 Å². The molecule has 3 N–H and O–H groups in total. The standard InChI is InChI=1S/C24H31F4N3O/c1-15(2)11-20(23(3,4)14-30-22(32)24(26,27)28)16-5-10-21(17(12-16)13-29)31-19-8-6-18(25)7-9-19/h5-6,8,10,12-13,15,20,29,31H,7,9,11,14H2,1-4H3,(H,30,32). The smallest absolute Gasteiger partial charge is 0.358 e. The van der Waals surface area contributed by atoms with Gasteiger partial charge in [-0.25, -0.2) is 4.39 Å². The molecule has 32 heavy (non-hydrogen) atoms. The summed E-state index contributed by atoms with van der Waals surface area (Å²) in [6.07, 6.45) is 0.949. The van der Waals surface area contributed by atoms with Gasteiger partial charge in [0, 0.05) is 36.1 Å². The molecule has 0 saturated carbocycles. The van der Waals surface area contributed by atoms with Crippen LogP contribution in [0.15, 0.2) is 41.9 Å². The van der Waals surface area contributed by atoms with Crippen molar-refractivity contribution in [3.63, 3.8) is 0 Å². The predicted octanol–water partition coefficient (Wildman–Crippen LogP) is 6.46. The normalized spacial score (nSPS) is 15.7. The molecule has 0 saturated heterocycles. The first-order chi connectivity index (χ1) is 14.8. The molecule has 0 fully saturated rings. The molecular weight excluding hydrogens is 422 g/mol. The SMILES string of the molecule is CC(C)CC(c1ccc(NC2=CC=C(F)CC2)c(C=N)c1)C(C)(C)CNC(=O)C(F)(F)F. The molecule has 0 bridgehead atoms. The number of hydrogen-bond acceptors (Lipinski definition) is 3. The van der Waals surface area contributed by atoms with E-state index >= 15 is 0 Å². The van der Waals surface area contributed by atoms with Crippen molar-refractivity contribution in [1.29, 1.82) is 5.41 Å². The number of hydrogen-bond donors (Lipinski definition) is 3. The molecule has 8 heteroatoms. The number of benzene rings is 1. The highest BCUT2D eigenvalue weighted by Crippen LogP contribution is 2.41. The van der Waals surface area contributed by atoms with Crippen LogP contribution in [0.2, 0.25) is 0 Å². The largest absolute Gasteiger partial charge is 0.471 e. The molecule has 176 valence electrons. The van der Waals surface area contributed by atoms with Gasteiger partial charge >= 0.3 is 12.1 Å². The molecule has 0 aliphatic heterocycles. The van der Waals surface area contributed by atoms with Crippen molar-refractivity contribution in [2.75, 3.05) is 11.9 Å². The van der Waals surface area contributed by atoms with Crippen molar-refractivity contribution >= 4 is 17.8 Å². The summed E-state index contributed by atoms with van der Waals surface area (Å²) in [7, 11) is 0.